The van der Waals surface area contributed by atoms with E-state index in [0.29, 0.717) is 6.54 Å². The Morgan fingerprint density at radius 2 is 2.20 bits per heavy atom. The fraction of sp³-hybridized carbons (Fsp3) is 0.182. The molecule has 0 aliphatic carbocycles. The van der Waals surface area contributed by atoms with Gasteiger partial charge < -0.3 is 5.32 Å². The van der Waals surface area contributed by atoms with E-state index < -0.39 is 14.8 Å². The van der Waals surface area contributed by atoms with Crippen molar-refractivity contribution in [2.45, 2.75) is 11.4 Å². The Morgan fingerprint density at radius 3 is 2.75 bits per heavy atom. The summed E-state index contributed by atoms with van der Waals surface area (Å²) in [6, 6.07) is 3.77. The second-order valence-corrected chi connectivity index (χ2v) is 6.18. The van der Waals surface area contributed by atoms with E-state index in [0.717, 1.165) is 17.9 Å². The molecule has 8 nitrogen and oxygen atoms in total. The molecular formula is C11H12N4O4S. The molecular weight excluding hydrogens is 284 g/mol. The Bertz CT molecular complexity index is 725. The Kier molecular flexibility index (Phi) is 3.70. The van der Waals surface area contributed by atoms with Gasteiger partial charge in [0, 0.05) is 30.6 Å². The molecule has 20 heavy (non-hydrogen) atoms. The fourth-order valence-electron chi connectivity index (χ4n) is 1.61. The number of rotatable bonds is 5. The molecule has 2 aromatic rings. The summed E-state index contributed by atoms with van der Waals surface area (Å²) in [6.07, 6.45) is 4.25. The maximum Gasteiger partial charge on any atom is 0.293 e. The average Bonchev–Trinajstić information content (AvgIpc) is 2.88. The van der Waals surface area contributed by atoms with Crippen molar-refractivity contribution in [3.63, 3.8) is 0 Å². The number of nitrogens with one attached hydrogen (secondary N) is 2. The van der Waals surface area contributed by atoms with Crippen LogP contribution in [0.1, 0.15) is 5.56 Å². The quantitative estimate of drug-likeness (QED) is 0.634. The molecule has 0 saturated heterocycles. The van der Waals surface area contributed by atoms with Crippen molar-refractivity contribution < 1.29 is 13.3 Å². The van der Waals surface area contributed by atoms with Crippen LogP contribution in [0.15, 0.2) is 35.5 Å². The number of hydrogen-bond donors (Lipinski definition) is 2. The second-order valence-electron chi connectivity index (χ2n) is 4.17. The van der Waals surface area contributed by atoms with Crippen LogP contribution in [-0.4, -0.2) is 29.8 Å². The first-order valence-corrected chi connectivity index (χ1v) is 7.47. The maximum absolute atomic E-state index is 11.4. The summed E-state index contributed by atoms with van der Waals surface area (Å²) < 4.78 is 22.8. The van der Waals surface area contributed by atoms with E-state index in [1.165, 1.54) is 12.1 Å². The van der Waals surface area contributed by atoms with Crippen molar-refractivity contribution in [3.05, 3.63) is 46.3 Å². The van der Waals surface area contributed by atoms with Gasteiger partial charge in [0.25, 0.3) is 5.69 Å². The van der Waals surface area contributed by atoms with Crippen molar-refractivity contribution in [2.75, 3.05) is 11.6 Å². The van der Waals surface area contributed by atoms with Crippen molar-refractivity contribution in [1.82, 2.24) is 10.2 Å². The molecule has 9 heteroatoms. The summed E-state index contributed by atoms with van der Waals surface area (Å²) in [5.74, 6) is 0. The number of nitro benzene ring substituents is 1. The molecule has 0 bridgehead atoms. The summed E-state index contributed by atoms with van der Waals surface area (Å²) in [5.41, 5.74) is 0.798. The monoisotopic (exact) mass is 296 g/mol. The van der Waals surface area contributed by atoms with Gasteiger partial charge in [-0.15, -0.1) is 0 Å². The van der Waals surface area contributed by atoms with E-state index >= 15 is 0 Å². The Morgan fingerprint density at radius 1 is 1.45 bits per heavy atom. The fourth-order valence-corrected chi connectivity index (χ4v) is 2.26. The lowest BCUT2D eigenvalue weighted by Gasteiger charge is -2.07. The van der Waals surface area contributed by atoms with Crippen LogP contribution in [-0.2, 0) is 16.4 Å². The molecule has 0 aliphatic heterocycles. The van der Waals surface area contributed by atoms with E-state index in [2.05, 4.69) is 15.5 Å². The third kappa shape index (κ3) is 3.12. The van der Waals surface area contributed by atoms with Crippen LogP contribution in [0.3, 0.4) is 0 Å². The third-order valence-electron chi connectivity index (χ3n) is 2.63. The van der Waals surface area contributed by atoms with E-state index in [4.69, 9.17) is 0 Å². The highest BCUT2D eigenvalue weighted by Crippen LogP contribution is 2.27. The summed E-state index contributed by atoms with van der Waals surface area (Å²) in [6.45, 7) is 0.343. The molecule has 0 aliphatic rings. The van der Waals surface area contributed by atoms with Crippen LogP contribution in [0.5, 0.6) is 0 Å². The Hall–Kier alpha value is -2.42. The number of anilines is 1. The number of nitro groups is 1. The molecule has 0 unspecified atom stereocenters. The van der Waals surface area contributed by atoms with Gasteiger partial charge in [-0.1, -0.05) is 0 Å². The van der Waals surface area contributed by atoms with Gasteiger partial charge in [-0.05, 0) is 12.1 Å². The van der Waals surface area contributed by atoms with Crippen molar-refractivity contribution >= 4 is 21.2 Å². The first-order valence-electron chi connectivity index (χ1n) is 5.58. The van der Waals surface area contributed by atoms with Crippen LogP contribution >= 0.6 is 0 Å². The highest BCUT2D eigenvalue weighted by Gasteiger charge is 2.18. The molecule has 0 atom stereocenters. The number of nitrogens with zero attached hydrogens (tertiary/aromatic N) is 2. The lowest BCUT2D eigenvalue weighted by Crippen LogP contribution is -2.04. The zero-order valence-electron chi connectivity index (χ0n) is 10.5. The molecule has 2 rings (SSSR count). The topological polar surface area (TPSA) is 118 Å². The van der Waals surface area contributed by atoms with Crippen LogP contribution in [0.2, 0.25) is 0 Å². The smallest absolute Gasteiger partial charge is 0.293 e. The molecule has 2 N–H and O–H groups in total. The Labute approximate surface area is 114 Å². The molecule has 1 aromatic heterocycles. The number of aromatic nitrogens is 2. The van der Waals surface area contributed by atoms with Crippen molar-refractivity contribution in [1.29, 1.82) is 0 Å². The number of H-pyrrole nitrogens is 1. The summed E-state index contributed by atoms with van der Waals surface area (Å²) in [5, 5.41) is 20.3. The molecule has 106 valence electrons. The van der Waals surface area contributed by atoms with E-state index in [1.54, 1.807) is 12.4 Å². The van der Waals surface area contributed by atoms with Crippen molar-refractivity contribution in [2.24, 2.45) is 0 Å². The zero-order valence-corrected chi connectivity index (χ0v) is 11.3. The number of benzene rings is 1. The molecule has 0 radical (unpaired) electrons. The Balaban J connectivity index is 2.31. The highest BCUT2D eigenvalue weighted by atomic mass is 32.2. The minimum absolute atomic E-state index is 0.0851. The maximum atomic E-state index is 11.4. The highest BCUT2D eigenvalue weighted by molar-refractivity contribution is 7.90. The average molecular weight is 296 g/mol. The van der Waals surface area contributed by atoms with Crippen LogP contribution in [0.4, 0.5) is 11.4 Å². The zero-order chi connectivity index (χ0) is 14.8. The molecule has 0 amide bonds. The summed E-state index contributed by atoms with van der Waals surface area (Å²) >= 11 is 0. The number of aromatic amines is 1. The van der Waals surface area contributed by atoms with Crippen LogP contribution in [0, 0.1) is 10.1 Å². The lowest BCUT2D eigenvalue weighted by atomic mass is 10.2. The SMILES string of the molecule is CS(=O)(=O)c1ccc(NCc2cn[nH]c2)c([N+](=O)[O-])c1. The third-order valence-corrected chi connectivity index (χ3v) is 3.74. The molecule has 0 spiro atoms. The second kappa shape index (κ2) is 5.29. The van der Waals surface area contributed by atoms with Gasteiger partial charge in [-0.3, -0.25) is 15.2 Å². The van der Waals surface area contributed by atoms with Crippen LogP contribution in [0.25, 0.3) is 0 Å². The minimum atomic E-state index is -3.48. The lowest BCUT2D eigenvalue weighted by molar-refractivity contribution is -0.384. The van der Waals surface area contributed by atoms with E-state index in [9.17, 15) is 18.5 Å². The van der Waals surface area contributed by atoms with E-state index in [1.807, 2.05) is 0 Å². The van der Waals surface area contributed by atoms with Gasteiger partial charge in [0.05, 0.1) is 16.0 Å². The first kappa shape index (κ1) is 14.0. The standard InChI is InChI=1S/C11H12N4O4S/c1-20(18,19)9-2-3-10(11(4-9)15(16)17)12-5-8-6-13-14-7-8/h2-4,6-7,12H,5H2,1H3,(H,13,14). The number of sulfone groups is 1. The van der Waals surface area contributed by atoms with Crippen LogP contribution < -0.4 is 5.32 Å². The van der Waals surface area contributed by atoms with Gasteiger partial charge in [0.1, 0.15) is 5.69 Å². The number of hydrogen-bond acceptors (Lipinski definition) is 6. The first-order chi connectivity index (χ1) is 9.38. The summed E-state index contributed by atoms with van der Waals surface area (Å²) in [4.78, 5) is 10.3. The van der Waals surface area contributed by atoms with Crippen molar-refractivity contribution in [3.8, 4) is 0 Å². The molecule has 1 heterocycles. The van der Waals surface area contributed by atoms with Gasteiger partial charge in [-0.2, -0.15) is 5.10 Å². The van der Waals surface area contributed by atoms with Gasteiger partial charge in [0.15, 0.2) is 9.84 Å². The summed E-state index contributed by atoms with van der Waals surface area (Å²) in [7, 11) is -3.48. The largest absolute Gasteiger partial charge is 0.375 e. The molecule has 0 fully saturated rings. The van der Waals surface area contributed by atoms with E-state index in [-0.39, 0.29) is 16.3 Å². The van der Waals surface area contributed by atoms with Gasteiger partial charge in [0.2, 0.25) is 0 Å². The molecule has 1 aromatic carbocycles. The van der Waals surface area contributed by atoms with Gasteiger partial charge >= 0.3 is 0 Å². The normalized spacial score (nSPS) is 11.2. The van der Waals surface area contributed by atoms with Gasteiger partial charge in [-0.25, -0.2) is 8.42 Å². The predicted molar refractivity (Wildman–Crippen MR) is 72.1 cm³/mol. The molecule has 0 saturated carbocycles. The predicted octanol–water partition coefficient (Wildman–Crippen LogP) is 1.33. The minimum Gasteiger partial charge on any atom is -0.375 e.